The van der Waals surface area contributed by atoms with Gasteiger partial charge in [-0.2, -0.15) is 0 Å². The summed E-state index contributed by atoms with van der Waals surface area (Å²) in [5.74, 6) is -0.920. The first-order valence-corrected chi connectivity index (χ1v) is 7.54. The van der Waals surface area contributed by atoms with E-state index in [0.717, 1.165) is 24.5 Å². The first kappa shape index (κ1) is 14.7. The lowest BCUT2D eigenvalue weighted by Crippen LogP contribution is -2.39. The van der Waals surface area contributed by atoms with Crippen LogP contribution in [0.15, 0.2) is 48.8 Å². The zero-order chi connectivity index (χ0) is 15.4. The molecule has 0 atom stereocenters. The summed E-state index contributed by atoms with van der Waals surface area (Å²) in [4.78, 5) is 22.4. The maximum Gasteiger partial charge on any atom is 0.306 e. The van der Waals surface area contributed by atoms with Crippen LogP contribution in [-0.4, -0.2) is 39.0 Å². The van der Waals surface area contributed by atoms with Crippen molar-refractivity contribution in [3.05, 3.63) is 60.2 Å². The van der Waals surface area contributed by atoms with Gasteiger partial charge in [0.1, 0.15) is 0 Å². The molecule has 2 aromatic heterocycles. The molecule has 1 aliphatic rings. The minimum Gasteiger partial charge on any atom is -0.481 e. The summed E-state index contributed by atoms with van der Waals surface area (Å²) in [6.07, 6.45) is 4.92. The van der Waals surface area contributed by atoms with Gasteiger partial charge in [-0.05, 0) is 50.2 Å². The van der Waals surface area contributed by atoms with Crippen molar-refractivity contribution in [1.82, 2.24) is 14.9 Å². The molecule has 0 spiro atoms. The fourth-order valence-electron chi connectivity index (χ4n) is 3.01. The van der Waals surface area contributed by atoms with Crippen molar-refractivity contribution in [3.8, 4) is 0 Å². The number of nitrogens with zero attached hydrogens (tertiary/aromatic N) is 3. The van der Waals surface area contributed by atoms with E-state index < -0.39 is 5.97 Å². The van der Waals surface area contributed by atoms with Gasteiger partial charge in [0.2, 0.25) is 0 Å². The Bertz CT molecular complexity index is 571. The van der Waals surface area contributed by atoms with E-state index in [1.807, 2.05) is 36.4 Å². The molecule has 2 aromatic rings. The number of likely N-dealkylation sites (tertiary alicyclic amines) is 1. The van der Waals surface area contributed by atoms with E-state index in [9.17, 15) is 4.79 Å². The second-order valence-electron chi connectivity index (χ2n) is 5.56. The summed E-state index contributed by atoms with van der Waals surface area (Å²) >= 11 is 0. The van der Waals surface area contributed by atoms with Crippen LogP contribution in [0.3, 0.4) is 0 Å². The second-order valence-corrected chi connectivity index (χ2v) is 5.56. The molecule has 3 rings (SSSR count). The third-order valence-electron chi connectivity index (χ3n) is 4.18. The molecule has 5 heteroatoms. The highest BCUT2D eigenvalue weighted by atomic mass is 16.4. The standard InChI is InChI=1S/C17H19N3O2/c21-17(22)13-7-11-20(12-8-13)16(14-5-1-3-9-18-14)15-6-2-4-10-19-15/h1-6,9-10,13,16H,7-8,11-12H2,(H,21,22). The third kappa shape index (κ3) is 3.14. The lowest BCUT2D eigenvalue weighted by atomic mass is 9.94. The van der Waals surface area contributed by atoms with Gasteiger partial charge in [-0.1, -0.05) is 12.1 Å². The molecule has 1 N–H and O–H groups in total. The molecule has 5 nitrogen and oxygen atoms in total. The third-order valence-corrected chi connectivity index (χ3v) is 4.18. The van der Waals surface area contributed by atoms with Crippen molar-refractivity contribution in [3.63, 3.8) is 0 Å². The Labute approximate surface area is 129 Å². The molecule has 0 unspecified atom stereocenters. The van der Waals surface area contributed by atoms with Crippen molar-refractivity contribution < 1.29 is 9.90 Å². The van der Waals surface area contributed by atoms with Gasteiger partial charge in [0, 0.05) is 12.4 Å². The zero-order valence-electron chi connectivity index (χ0n) is 12.3. The maximum absolute atomic E-state index is 11.1. The first-order chi connectivity index (χ1) is 10.8. The van der Waals surface area contributed by atoms with Gasteiger partial charge in [0.05, 0.1) is 23.3 Å². The van der Waals surface area contributed by atoms with E-state index in [2.05, 4.69) is 14.9 Å². The Balaban J connectivity index is 1.86. The molecule has 0 amide bonds. The van der Waals surface area contributed by atoms with Gasteiger partial charge in [0.25, 0.3) is 0 Å². The van der Waals surface area contributed by atoms with E-state index in [1.165, 1.54) is 0 Å². The Morgan fingerprint density at radius 3 is 2.00 bits per heavy atom. The Hall–Kier alpha value is -2.27. The average molecular weight is 297 g/mol. The van der Waals surface area contributed by atoms with Gasteiger partial charge in [-0.3, -0.25) is 19.7 Å². The van der Waals surface area contributed by atoms with Gasteiger partial charge in [-0.25, -0.2) is 0 Å². The van der Waals surface area contributed by atoms with Gasteiger partial charge < -0.3 is 5.11 Å². The molecule has 1 fully saturated rings. The van der Waals surface area contributed by atoms with Crippen molar-refractivity contribution in [2.45, 2.75) is 18.9 Å². The average Bonchev–Trinajstić information content (AvgIpc) is 2.57. The molecule has 0 bridgehead atoms. The molecule has 0 saturated carbocycles. The number of piperidine rings is 1. The number of hydrogen-bond acceptors (Lipinski definition) is 4. The number of aliphatic carboxylic acids is 1. The van der Waals surface area contributed by atoms with Crippen LogP contribution in [0.25, 0.3) is 0 Å². The molecule has 0 radical (unpaired) electrons. The largest absolute Gasteiger partial charge is 0.481 e. The monoisotopic (exact) mass is 297 g/mol. The molecular weight excluding hydrogens is 278 g/mol. The van der Waals surface area contributed by atoms with Crippen molar-refractivity contribution in [1.29, 1.82) is 0 Å². The summed E-state index contributed by atoms with van der Waals surface area (Å²) in [7, 11) is 0. The Morgan fingerprint density at radius 2 is 1.59 bits per heavy atom. The summed E-state index contributed by atoms with van der Waals surface area (Å²) in [6, 6.07) is 11.7. The van der Waals surface area contributed by atoms with Crippen LogP contribution in [0.5, 0.6) is 0 Å². The summed E-state index contributed by atoms with van der Waals surface area (Å²) in [6.45, 7) is 1.49. The fraction of sp³-hybridized carbons (Fsp3) is 0.353. The molecule has 1 saturated heterocycles. The fourth-order valence-corrected chi connectivity index (χ4v) is 3.01. The minimum absolute atomic E-state index is 0.0165. The smallest absolute Gasteiger partial charge is 0.306 e. The highest BCUT2D eigenvalue weighted by Gasteiger charge is 2.31. The predicted octanol–water partition coefficient (Wildman–Crippen LogP) is 2.36. The van der Waals surface area contributed by atoms with E-state index in [-0.39, 0.29) is 12.0 Å². The van der Waals surface area contributed by atoms with E-state index in [0.29, 0.717) is 12.8 Å². The second kappa shape index (κ2) is 6.66. The summed E-state index contributed by atoms with van der Waals surface area (Å²) in [5.41, 5.74) is 1.91. The summed E-state index contributed by atoms with van der Waals surface area (Å²) in [5, 5.41) is 9.15. The van der Waals surface area contributed by atoms with Crippen LogP contribution in [0, 0.1) is 5.92 Å². The van der Waals surface area contributed by atoms with Crippen LogP contribution in [-0.2, 0) is 4.79 Å². The molecule has 22 heavy (non-hydrogen) atoms. The number of rotatable bonds is 4. The topological polar surface area (TPSA) is 66.3 Å². The number of carboxylic acid groups (broad SMARTS) is 1. The SMILES string of the molecule is O=C(O)C1CCN(C(c2ccccn2)c2ccccn2)CC1. The number of carbonyl (C=O) groups is 1. The lowest BCUT2D eigenvalue weighted by molar-refractivity contribution is -0.143. The molecule has 0 aromatic carbocycles. The zero-order valence-corrected chi connectivity index (χ0v) is 12.3. The van der Waals surface area contributed by atoms with Crippen molar-refractivity contribution in [2.75, 3.05) is 13.1 Å². The van der Waals surface area contributed by atoms with Crippen LogP contribution in [0.2, 0.25) is 0 Å². The van der Waals surface area contributed by atoms with Crippen LogP contribution < -0.4 is 0 Å². The quantitative estimate of drug-likeness (QED) is 0.938. The van der Waals surface area contributed by atoms with Crippen LogP contribution in [0.1, 0.15) is 30.3 Å². The normalized spacial score (nSPS) is 16.8. The predicted molar refractivity (Wildman–Crippen MR) is 82.2 cm³/mol. The number of carboxylic acids is 1. The van der Waals surface area contributed by atoms with Crippen LogP contribution >= 0.6 is 0 Å². The van der Waals surface area contributed by atoms with Gasteiger partial charge >= 0.3 is 5.97 Å². The number of pyridine rings is 2. The molecule has 3 heterocycles. The lowest BCUT2D eigenvalue weighted by Gasteiger charge is -2.35. The molecule has 0 aliphatic carbocycles. The van der Waals surface area contributed by atoms with E-state index in [4.69, 9.17) is 5.11 Å². The number of hydrogen-bond donors (Lipinski definition) is 1. The maximum atomic E-state index is 11.1. The first-order valence-electron chi connectivity index (χ1n) is 7.54. The van der Waals surface area contributed by atoms with E-state index in [1.54, 1.807) is 12.4 Å². The molecular formula is C17H19N3O2. The summed E-state index contributed by atoms with van der Waals surface area (Å²) < 4.78 is 0. The molecule has 1 aliphatic heterocycles. The number of aromatic nitrogens is 2. The van der Waals surface area contributed by atoms with E-state index >= 15 is 0 Å². The molecule has 114 valence electrons. The highest BCUT2D eigenvalue weighted by Crippen LogP contribution is 2.30. The Morgan fingerprint density at radius 1 is 1.05 bits per heavy atom. The van der Waals surface area contributed by atoms with Crippen molar-refractivity contribution in [2.24, 2.45) is 5.92 Å². The van der Waals surface area contributed by atoms with Crippen molar-refractivity contribution >= 4 is 5.97 Å². The van der Waals surface area contributed by atoms with Gasteiger partial charge in [0.15, 0.2) is 0 Å². The van der Waals surface area contributed by atoms with Gasteiger partial charge in [-0.15, -0.1) is 0 Å². The highest BCUT2D eigenvalue weighted by molar-refractivity contribution is 5.70. The van der Waals surface area contributed by atoms with Crippen LogP contribution in [0.4, 0.5) is 0 Å². The minimum atomic E-state index is -0.688. The Kier molecular flexibility index (Phi) is 4.44.